The van der Waals surface area contributed by atoms with Gasteiger partial charge >= 0.3 is 0 Å². The first-order chi connectivity index (χ1) is 14.7. The van der Waals surface area contributed by atoms with Gasteiger partial charge in [0.05, 0.1) is 19.2 Å². The molecule has 4 rings (SSSR count). The van der Waals surface area contributed by atoms with Crippen molar-refractivity contribution in [3.05, 3.63) is 87.9 Å². The summed E-state index contributed by atoms with van der Waals surface area (Å²) in [7, 11) is 1.65. The minimum atomic E-state index is 0.553. The van der Waals surface area contributed by atoms with E-state index in [0.29, 0.717) is 18.3 Å². The Labute approximate surface area is 180 Å². The molecule has 154 valence electrons. The van der Waals surface area contributed by atoms with Crippen molar-refractivity contribution < 1.29 is 9.26 Å². The second-order valence-electron chi connectivity index (χ2n) is 7.17. The second kappa shape index (κ2) is 9.69. The van der Waals surface area contributed by atoms with E-state index in [9.17, 15) is 0 Å². The van der Waals surface area contributed by atoms with E-state index in [2.05, 4.69) is 58.4 Å². The summed E-state index contributed by atoms with van der Waals surface area (Å²) in [6.07, 6.45) is 0.971. The van der Waals surface area contributed by atoms with Gasteiger partial charge in [-0.05, 0) is 43.2 Å². The van der Waals surface area contributed by atoms with Crippen LogP contribution in [0.3, 0.4) is 0 Å². The van der Waals surface area contributed by atoms with E-state index in [1.54, 1.807) is 7.11 Å². The molecule has 5 nitrogen and oxygen atoms in total. The third-order valence-electron chi connectivity index (χ3n) is 4.91. The zero-order valence-corrected chi connectivity index (χ0v) is 18.1. The van der Waals surface area contributed by atoms with E-state index < -0.39 is 0 Å². The molecule has 4 aromatic rings. The fourth-order valence-corrected chi connectivity index (χ4v) is 4.32. The largest absolute Gasteiger partial charge is 0.496 e. The molecule has 6 heteroatoms. The molecule has 0 aliphatic heterocycles. The molecule has 0 unspecified atom stereocenters. The first kappa shape index (κ1) is 20.3. The maximum atomic E-state index is 5.59. The SMILES string of the molecule is COc1ccccc1-c1noc(CN(CCc2ccccc2)Cc2ccc(C)s2)n1. The minimum absolute atomic E-state index is 0.553. The van der Waals surface area contributed by atoms with Gasteiger partial charge < -0.3 is 9.26 Å². The van der Waals surface area contributed by atoms with Gasteiger partial charge in [0.1, 0.15) is 5.75 Å². The Hall–Kier alpha value is -2.96. The molecule has 0 spiro atoms. The summed E-state index contributed by atoms with van der Waals surface area (Å²) in [6.45, 7) is 4.51. The molecule has 0 saturated carbocycles. The van der Waals surface area contributed by atoms with Gasteiger partial charge in [-0.3, -0.25) is 4.90 Å². The Balaban J connectivity index is 1.50. The van der Waals surface area contributed by atoms with Gasteiger partial charge in [0, 0.05) is 22.8 Å². The van der Waals surface area contributed by atoms with Crippen LogP contribution in [0.15, 0.2) is 71.3 Å². The standard InChI is InChI=1S/C24H25N3O2S/c1-18-12-13-20(30-18)16-27(15-14-19-8-4-3-5-9-19)17-23-25-24(26-29-23)21-10-6-7-11-22(21)28-2/h3-13H,14-17H2,1-2H3. The maximum Gasteiger partial charge on any atom is 0.241 e. The molecule has 0 fully saturated rings. The molecule has 2 heterocycles. The molecule has 0 aliphatic rings. The Morgan fingerprint density at radius 3 is 2.53 bits per heavy atom. The first-order valence-corrected chi connectivity index (χ1v) is 10.8. The number of rotatable bonds is 9. The number of nitrogens with zero attached hydrogens (tertiary/aromatic N) is 3. The predicted molar refractivity (Wildman–Crippen MR) is 120 cm³/mol. The highest BCUT2D eigenvalue weighted by Gasteiger charge is 2.16. The van der Waals surface area contributed by atoms with Crippen LogP contribution in [0.1, 0.15) is 21.2 Å². The van der Waals surface area contributed by atoms with Gasteiger partial charge in [0.25, 0.3) is 0 Å². The van der Waals surface area contributed by atoms with E-state index in [-0.39, 0.29) is 0 Å². The summed E-state index contributed by atoms with van der Waals surface area (Å²) in [5.41, 5.74) is 2.16. The second-order valence-corrected chi connectivity index (χ2v) is 8.54. The third kappa shape index (κ3) is 5.14. The van der Waals surface area contributed by atoms with Gasteiger partial charge in [-0.15, -0.1) is 11.3 Å². The number of ether oxygens (including phenoxy) is 1. The molecule has 0 radical (unpaired) electrons. The summed E-state index contributed by atoms with van der Waals surface area (Å²) >= 11 is 1.83. The zero-order valence-electron chi connectivity index (χ0n) is 17.2. The summed E-state index contributed by atoms with van der Waals surface area (Å²) in [5, 5.41) is 4.19. The lowest BCUT2D eigenvalue weighted by Gasteiger charge is -2.19. The number of hydrogen-bond acceptors (Lipinski definition) is 6. The predicted octanol–water partition coefficient (Wildman–Crippen LogP) is 5.36. The highest BCUT2D eigenvalue weighted by molar-refractivity contribution is 7.11. The number of aromatic nitrogens is 2. The summed E-state index contributed by atoms with van der Waals surface area (Å²) in [4.78, 5) is 9.65. The summed E-state index contributed by atoms with van der Waals surface area (Å²) in [6, 6.07) is 22.6. The lowest BCUT2D eigenvalue weighted by atomic mass is 10.1. The molecule has 0 amide bonds. The van der Waals surface area contributed by atoms with Crippen molar-refractivity contribution >= 4 is 11.3 Å². The topological polar surface area (TPSA) is 51.4 Å². The molecule has 0 bridgehead atoms. The molecular weight excluding hydrogens is 394 g/mol. The fourth-order valence-electron chi connectivity index (χ4n) is 3.39. The van der Waals surface area contributed by atoms with Crippen LogP contribution in [-0.2, 0) is 19.5 Å². The highest BCUT2D eigenvalue weighted by Crippen LogP contribution is 2.27. The number of benzene rings is 2. The zero-order chi connectivity index (χ0) is 20.8. The Morgan fingerprint density at radius 2 is 1.77 bits per heavy atom. The van der Waals surface area contributed by atoms with Crippen LogP contribution < -0.4 is 4.74 Å². The number of para-hydroxylation sites is 1. The van der Waals surface area contributed by atoms with Crippen LogP contribution in [0.4, 0.5) is 0 Å². The van der Waals surface area contributed by atoms with Crippen LogP contribution in [-0.4, -0.2) is 28.7 Å². The number of methoxy groups -OCH3 is 1. The fraction of sp³-hybridized carbons (Fsp3) is 0.250. The third-order valence-corrected chi connectivity index (χ3v) is 5.90. The number of thiophene rings is 1. The van der Waals surface area contributed by atoms with E-state index in [1.807, 2.05) is 41.7 Å². The smallest absolute Gasteiger partial charge is 0.241 e. The lowest BCUT2D eigenvalue weighted by Crippen LogP contribution is -2.25. The van der Waals surface area contributed by atoms with Gasteiger partial charge in [-0.25, -0.2) is 0 Å². The molecule has 0 saturated heterocycles. The van der Waals surface area contributed by atoms with Crippen molar-refractivity contribution in [1.29, 1.82) is 0 Å². The molecule has 0 N–H and O–H groups in total. The minimum Gasteiger partial charge on any atom is -0.496 e. The molecule has 2 aromatic carbocycles. The molecular formula is C24H25N3O2S. The Morgan fingerprint density at radius 1 is 0.967 bits per heavy atom. The van der Waals surface area contributed by atoms with Crippen molar-refractivity contribution in [3.8, 4) is 17.1 Å². The normalized spacial score (nSPS) is 11.2. The van der Waals surface area contributed by atoms with Crippen LogP contribution >= 0.6 is 11.3 Å². The average molecular weight is 420 g/mol. The Bertz CT molecular complexity index is 1070. The van der Waals surface area contributed by atoms with Crippen LogP contribution in [0.2, 0.25) is 0 Å². The van der Waals surface area contributed by atoms with Crippen molar-refractivity contribution in [2.75, 3.05) is 13.7 Å². The highest BCUT2D eigenvalue weighted by atomic mass is 32.1. The molecule has 0 aliphatic carbocycles. The molecule has 0 atom stereocenters. The van der Waals surface area contributed by atoms with E-state index >= 15 is 0 Å². The van der Waals surface area contributed by atoms with Gasteiger partial charge in [-0.2, -0.15) is 4.98 Å². The lowest BCUT2D eigenvalue weighted by molar-refractivity contribution is 0.223. The number of aryl methyl sites for hydroxylation is 1. The quantitative estimate of drug-likeness (QED) is 0.365. The van der Waals surface area contributed by atoms with Crippen molar-refractivity contribution in [2.24, 2.45) is 0 Å². The average Bonchev–Trinajstić information content (AvgIpc) is 3.41. The summed E-state index contributed by atoms with van der Waals surface area (Å²) in [5.74, 6) is 1.90. The first-order valence-electron chi connectivity index (χ1n) is 9.99. The van der Waals surface area contributed by atoms with Gasteiger partial charge in [0.2, 0.25) is 11.7 Å². The van der Waals surface area contributed by atoms with Gasteiger partial charge in [-0.1, -0.05) is 47.6 Å². The van der Waals surface area contributed by atoms with Crippen molar-refractivity contribution in [2.45, 2.75) is 26.4 Å². The van der Waals surface area contributed by atoms with Gasteiger partial charge in [0.15, 0.2) is 0 Å². The van der Waals surface area contributed by atoms with E-state index in [4.69, 9.17) is 9.26 Å². The van der Waals surface area contributed by atoms with Crippen LogP contribution in [0, 0.1) is 6.92 Å². The Kier molecular flexibility index (Phi) is 6.57. The number of hydrogen-bond donors (Lipinski definition) is 0. The van der Waals surface area contributed by atoms with Crippen LogP contribution in [0.5, 0.6) is 5.75 Å². The monoisotopic (exact) mass is 419 g/mol. The van der Waals surface area contributed by atoms with E-state index in [0.717, 1.165) is 30.8 Å². The maximum absolute atomic E-state index is 5.59. The van der Waals surface area contributed by atoms with Crippen molar-refractivity contribution in [1.82, 2.24) is 15.0 Å². The molecule has 30 heavy (non-hydrogen) atoms. The summed E-state index contributed by atoms with van der Waals surface area (Å²) < 4.78 is 11.0. The van der Waals surface area contributed by atoms with E-state index in [1.165, 1.54) is 15.3 Å². The van der Waals surface area contributed by atoms with Crippen molar-refractivity contribution in [3.63, 3.8) is 0 Å². The van der Waals surface area contributed by atoms with Crippen LogP contribution in [0.25, 0.3) is 11.4 Å². The molecule has 2 aromatic heterocycles.